The number of aryl methyl sites for hydroxylation is 2. The van der Waals surface area contributed by atoms with Gasteiger partial charge in [-0.1, -0.05) is 37.3 Å². The molecule has 0 radical (unpaired) electrons. The predicted octanol–water partition coefficient (Wildman–Crippen LogP) is 4.13. The Balaban J connectivity index is 2.02. The van der Waals surface area contributed by atoms with E-state index in [-0.39, 0.29) is 24.9 Å². The second kappa shape index (κ2) is 10.5. The van der Waals surface area contributed by atoms with Crippen molar-refractivity contribution in [3.05, 3.63) is 59.2 Å². The average Bonchev–Trinajstić information content (AvgIpc) is 2.70. The Morgan fingerprint density at radius 3 is 2.43 bits per heavy atom. The number of methoxy groups -OCH3 is 1. The first kappa shape index (κ1) is 23.7. The van der Waals surface area contributed by atoms with E-state index in [9.17, 15) is 13.2 Å². The number of hydrogen-bond donors (Lipinski definition) is 1. The second-order valence-electron chi connectivity index (χ2n) is 7.48. The first-order valence-electron chi connectivity index (χ1n) is 10.1. The maximum Gasteiger partial charge on any atom is 0.232 e. The van der Waals surface area contributed by atoms with Crippen molar-refractivity contribution in [1.29, 1.82) is 0 Å². The van der Waals surface area contributed by atoms with Gasteiger partial charge in [0.2, 0.25) is 15.9 Å². The van der Waals surface area contributed by atoms with Gasteiger partial charge >= 0.3 is 0 Å². The second-order valence-corrected chi connectivity index (χ2v) is 9.39. The number of hydrogen-bond acceptors (Lipinski definition) is 4. The Morgan fingerprint density at radius 2 is 1.83 bits per heavy atom. The number of amides is 1. The third-order valence-electron chi connectivity index (χ3n) is 5.20. The lowest BCUT2D eigenvalue weighted by Crippen LogP contribution is -2.33. The van der Waals surface area contributed by atoms with Crippen molar-refractivity contribution in [2.75, 3.05) is 24.2 Å². The zero-order valence-electron chi connectivity index (χ0n) is 18.4. The van der Waals surface area contributed by atoms with Gasteiger partial charge in [0.1, 0.15) is 5.75 Å². The summed E-state index contributed by atoms with van der Waals surface area (Å²) < 4.78 is 31.2. The van der Waals surface area contributed by atoms with Gasteiger partial charge in [-0.2, -0.15) is 0 Å². The fraction of sp³-hybridized carbons (Fsp3) is 0.435. The lowest BCUT2D eigenvalue weighted by Gasteiger charge is -2.24. The molecule has 1 amide bonds. The Bertz CT molecular complexity index is 973. The number of sulfonamides is 1. The van der Waals surface area contributed by atoms with E-state index in [1.807, 2.05) is 13.0 Å². The summed E-state index contributed by atoms with van der Waals surface area (Å²) in [6.45, 7) is 6.36. The number of nitrogens with zero attached hydrogens (tertiary/aromatic N) is 1. The van der Waals surface area contributed by atoms with Crippen LogP contribution in [0.5, 0.6) is 5.75 Å². The molecule has 2 aromatic carbocycles. The summed E-state index contributed by atoms with van der Waals surface area (Å²) in [7, 11) is -2.00. The molecule has 7 heteroatoms. The zero-order valence-corrected chi connectivity index (χ0v) is 19.3. The molecule has 30 heavy (non-hydrogen) atoms. The van der Waals surface area contributed by atoms with Crippen LogP contribution in [-0.2, 0) is 14.8 Å². The number of benzene rings is 2. The average molecular weight is 433 g/mol. The van der Waals surface area contributed by atoms with Crippen LogP contribution in [0.2, 0.25) is 0 Å². The molecule has 164 valence electrons. The molecule has 0 aliphatic carbocycles. The summed E-state index contributed by atoms with van der Waals surface area (Å²) in [4.78, 5) is 12.5. The third-order valence-corrected chi connectivity index (χ3v) is 6.38. The first-order chi connectivity index (χ1) is 14.2. The maximum atomic E-state index is 12.5. The van der Waals surface area contributed by atoms with E-state index in [2.05, 4.69) is 31.3 Å². The van der Waals surface area contributed by atoms with Crippen molar-refractivity contribution in [1.82, 2.24) is 5.32 Å². The van der Waals surface area contributed by atoms with Crippen molar-refractivity contribution in [3.8, 4) is 5.75 Å². The van der Waals surface area contributed by atoms with Crippen molar-refractivity contribution < 1.29 is 17.9 Å². The molecule has 2 rings (SSSR count). The monoisotopic (exact) mass is 432 g/mol. The highest BCUT2D eigenvalue weighted by Crippen LogP contribution is 2.29. The van der Waals surface area contributed by atoms with Gasteiger partial charge in [-0.05, 0) is 55.5 Å². The standard InChI is InChI=1S/C23H32N2O4S/c1-6-20(19-14-13-17(2)18(3)16-19)24-23(26)12-9-15-25(30(5,27)28)21-10-7-8-11-22(21)29-4/h7-8,10-11,13-14,16,20H,6,9,12,15H2,1-5H3,(H,24,26)/t20-/m0/s1. The normalized spacial score (nSPS) is 12.3. The van der Waals surface area contributed by atoms with E-state index < -0.39 is 10.0 Å². The summed E-state index contributed by atoms with van der Waals surface area (Å²) in [5.74, 6) is 0.390. The van der Waals surface area contributed by atoms with Gasteiger partial charge in [0.15, 0.2) is 0 Å². The summed E-state index contributed by atoms with van der Waals surface area (Å²) in [5, 5.41) is 3.07. The Hall–Kier alpha value is -2.54. The molecule has 2 aromatic rings. The van der Waals surface area contributed by atoms with Gasteiger partial charge in [-0.3, -0.25) is 9.10 Å². The number of ether oxygens (including phenoxy) is 1. The molecule has 0 spiro atoms. The van der Waals surface area contributed by atoms with Crippen LogP contribution in [0.4, 0.5) is 5.69 Å². The van der Waals surface area contributed by atoms with Gasteiger partial charge in [-0.25, -0.2) is 8.42 Å². The highest BCUT2D eigenvalue weighted by Gasteiger charge is 2.21. The highest BCUT2D eigenvalue weighted by atomic mass is 32.2. The van der Waals surface area contributed by atoms with E-state index in [0.717, 1.165) is 18.2 Å². The van der Waals surface area contributed by atoms with Crippen LogP contribution in [0, 0.1) is 13.8 Å². The smallest absolute Gasteiger partial charge is 0.232 e. The fourth-order valence-electron chi connectivity index (χ4n) is 3.35. The van der Waals surface area contributed by atoms with Crippen molar-refractivity contribution in [3.63, 3.8) is 0 Å². The number of rotatable bonds is 10. The minimum absolute atomic E-state index is 0.0583. The van der Waals surface area contributed by atoms with Gasteiger partial charge in [0, 0.05) is 13.0 Å². The van der Waals surface area contributed by atoms with E-state index >= 15 is 0 Å². The summed E-state index contributed by atoms with van der Waals surface area (Å²) in [6.07, 6.45) is 2.58. The van der Waals surface area contributed by atoms with Crippen LogP contribution < -0.4 is 14.4 Å². The van der Waals surface area contributed by atoms with E-state index in [1.54, 1.807) is 24.3 Å². The Morgan fingerprint density at radius 1 is 1.13 bits per heavy atom. The van der Waals surface area contributed by atoms with E-state index in [4.69, 9.17) is 4.74 Å². The van der Waals surface area contributed by atoms with E-state index in [1.165, 1.54) is 22.5 Å². The maximum absolute atomic E-state index is 12.5. The fourth-order valence-corrected chi connectivity index (χ4v) is 4.32. The van der Waals surface area contributed by atoms with Gasteiger partial charge in [-0.15, -0.1) is 0 Å². The number of carbonyl (C=O) groups is 1. The number of para-hydroxylation sites is 2. The van der Waals surface area contributed by atoms with Crippen LogP contribution in [0.1, 0.15) is 48.9 Å². The molecule has 1 atom stereocenters. The molecule has 0 saturated carbocycles. The molecule has 0 aliphatic rings. The predicted molar refractivity (Wildman–Crippen MR) is 122 cm³/mol. The number of carbonyl (C=O) groups excluding carboxylic acids is 1. The quantitative estimate of drug-likeness (QED) is 0.613. The molecule has 0 bridgehead atoms. The van der Waals surface area contributed by atoms with Crippen LogP contribution >= 0.6 is 0 Å². The van der Waals surface area contributed by atoms with E-state index in [0.29, 0.717) is 17.9 Å². The summed E-state index contributed by atoms with van der Waals surface area (Å²) in [5.41, 5.74) is 3.98. The van der Waals surface area contributed by atoms with Gasteiger partial charge in [0.25, 0.3) is 0 Å². The Kier molecular flexibility index (Phi) is 8.29. The lowest BCUT2D eigenvalue weighted by molar-refractivity contribution is -0.121. The molecule has 0 unspecified atom stereocenters. The third kappa shape index (κ3) is 6.23. The molecule has 6 nitrogen and oxygen atoms in total. The van der Waals surface area contributed by atoms with Crippen molar-refractivity contribution in [2.24, 2.45) is 0 Å². The highest BCUT2D eigenvalue weighted by molar-refractivity contribution is 7.92. The van der Waals surface area contributed by atoms with Crippen molar-refractivity contribution in [2.45, 2.75) is 46.1 Å². The van der Waals surface area contributed by atoms with Crippen LogP contribution in [-0.4, -0.2) is 34.2 Å². The number of anilines is 1. The van der Waals surface area contributed by atoms with Crippen molar-refractivity contribution >= 4 is 21.6 Å². The Labute approximate surface area is 180 Å². The van der Waals surface area contributed by atoms with Crippen LogP contribution in [0.3, 0.4) is 0 Å². The van der Waals surface area contributed by atoms with Crippen LogP contribution in [0.15, 0.2) is 42.5 Å². The minimum atomic E-state index is -3.51. The molecule has 0 aliphatic heterocycles. The molecular formula is C23H32N2O4S. The first-order valence-corrected chi connectivity index (χ1v) is 12.0. The molecule has 0 fully saturated rings. The zero-order chi connectivity index (χ0) is 22.3. The lowest BCUT2D eigenvalue weighted by atomic mass is 9.99. The molecule has 1 N–H and O–H groups in total. The number of nitrogens with one attached hydrogen (secondary N) is 1. The molecule has 0 aromatic heterocycles. The molecule has 0 heterocycles. The SMILES string of the molecule is CC[C@H](NC(=O)CCCN(c1ccccc1OC)S(C)(=O)=O)c1ccc(C)c(C)c1. The minimum Gasteiger partial charge on any atom is -0.495 e. The summed E-state index contributed by atoms with van der Waals surface area (Å²) in [6, 6.07) is 13.1. The largest absolute Gasteiger partial charge is 0.495 e. The van der Waals surface area contributed by atoms with Crippen LogP contribution in [0.25, 0.3) is 0 Å². The van der Waals surface area contributed by atoms with Gasteiger partial charge < -0.3 is 10.1 Å². The topological polar surface area (TPSA) is 75.7 Å². The molecular weight excluding hydrogens is 400 g/mol. The molecule has 0 saturated heterocycles. The van der Waals surface area contributed by atoms with Gasteiger partial charge in [0.05, 0.1) is 25.1 Å². The summed E-state index contributed by atoms with van der Waals surface area (Å²) >= 11 is 0.